The molecule has 0 aromatic carbocycles. The molecule has 3 rings (SSSR count). The second-order valence-electron chi connectivity index (χ2n) is 5.15. The van der Waals surface area contributed by atoms with Gasteiger partial charge >= 0.3 is 0 Å². The lowest BCUT2D eigenvalue weighted by Crippen LogP contribution is -2.43. The van der Waals surface area contributed by atoms with E-state index in [-0.39, 0.29) is 11.3 Å². The number of anilines is 1. The highest BCUT2D eigenvalue weighted by Gasteiger charge is 2.41. The Bertz CT molecular complexity index is 522. The fourth-order valence-corrected chi connectivity index (χ4v) is 4.29. The predicted molar refractivity (Wildman–Crippen MR) is 72.2 cm³/mol. The Labute approximate surface area is 113 Å². The molecule has 1 N–H and O–H groups in total. The minimum atomic E-state index is -3.01. The number of sulfonamides is 1. The molecule has 0 spiro atoms. The van der Waals surface area contributed by atoms with Crippen LogP contribution in [-0.4, -0.2) is 47.1 Å². The SMILES string of the molecule is O=S(=O)(C1CC1)N1CCC(Nc2cnccn2)CC1. The quantitative estimate of drug-likeness (QED) is 0.886. The normalized spacial score (nSPS) is 22.3. The minimum absolute atomic E-state index is 0.100. The molecule has 1 aliphatic heterocycles. The van der Waals surface area contributed by atoms with E-state index < -0.39 is 10.0 Å². The molecule has 0 amide bonds. The average molecular weight is 282 g/mol. The second-order valence-corrected chi connectivity index (χ2v) is 7.37. The highest BCUT2D eigenvalue weighted by molar-refractivity contribution is 7.90. The van der Waals surface area contributed by atoms with Crippen LogP contribution in [0, 0.1) is 0 Å². The van der Waals surface area contributed by atoms with Gasteiger partial charge in [0.15, 0.2) is 0 Å². The third kappa shape index (κ3) is 2.87. The summed E-state index contributed by atoms with van der Waals surface area (Å²) in [4.78, 5) is 8.18. The van der Waals surface area contributed by atoms with Gasteiger partial charge in [0, 0.05) is 31.5 Å². The fourth-order valence-electron chi connectivity index (χ4n) is 2.41. The Morgan fingerprint density at radius 1 is 1.16 bits per heavy atom. The molecule has 2 heterocycles. The molecule has 1 aliphatic carbocycles. The maximum Gasteiger partial charge on any atom is 0.216 e. The van der Waals surface area contributed by atoms with Crippen molar-refractivity contribution in [2.24, 2.45) is 0 Å². The van der Waals surface area contributed by atoms with E-state index in [0.29, 0.717) is 13.1 Å². The molecule has 1 saturated heterocycles. The van der Waals surface area contributed by atoms with Crippen molar-refractivity contribution in [3.05, 3.63) is 18.6 Å². The van der Waals surface area contributed by atoms with E-state index >= 15 is 0 Å². The second kappa shape index (κ2) is 5.05. The van der Waals surface area contributed by atoms with Gasteiger partial charge in [0.2, 0.25) is 10.0 Å². The van der Waals surface area contributed by atoms with Crippen molar-refractivity contribution in [3.63, 3.8) is 0 Å². The Morgan fingerprint density at radius 2 is 1.89 bits per heavy atom. The van der Waals surface area contributed by atoms with Gasteiger partial charge in [-0.2, -0.15) is 0 Å². The molecule has 104 valence electrons. The Hall–Kier alpha value is -1.21. The first-order chi connectivity index (χ1) is 9.16. The van der Waals surface area contributed by atoms with Gasteiger partial charge < -0.3 is 5.32 Å². The van der Waals surface area contributed by atoms with Crippen LogP contribution >= 0.6 is 0 Å². The van der Waals surface area contributed by atoms with Crippen molar-refractivity contribution in [1.29, 1.82) is 0 Å². The van der Waals surface area contributed by atoms with E-state index in [2.05, 4.69) is 15.3 Å². The summed E-state index contributed by atoms with van der Waals surface area (Å²) in [5.74, 6) is 0.756. The van der Waals surface area contributed by atoms with E-state index in [1.54, 1.807) is 22.9 Å². The number of piperidine rings is 1. The lowest BCUT2D eigenvalue weighted by molar-refractivity contribution is 0.329. The summed E-state index contributed by atoms with van der Waals surface area (Å²) in [5.41, 5.74) is 0. The molecule has 1 saturated carbocycles. The zero-order valence-electron chi connectivity index (χ0n) is 10.7. The van der Waals surface area contributed by atoms with Crippen LogP contribution in [0.1, 0.15) is 25.7 Å². The first-order valence-corrected chi connectivity index (χ1v) is 8.18. The van der Waals surface area contributed by atoms with E-state index in [1.165, 1.54) is 0 Å². The van der Waals surface area contributed by atoms with Gasteiger partial charge in [-0.05, 0) is 25.7 Å². The molecule has 0 radical (unpaired) electrons. The van der Waals surface area contributed by atoms with Gasteiger partial charge in [0.05, 0.1) is 11.4 Å². The Balaban J connectivity index is 1.55. The Morgan fingerprint density at radius 3 is 2.47 bits per heavy atom. The zero-order valence-corrected chi connectivity index (χ0v) is 11.5. The van der Waals surface area contributed by atoms with Crippen molar-refractivity contribution in [3.8, 4) is 0 Å². The van der Waals surface area contributed by atoms with Gasteiger partial charge in [-0.25, -0.2) is 17.7 Å². The maximum atomic E-state index is 12.1. The molecule has 0 bridgehead atoms. The molecule has 1 aromatic heterocycles. The summed E-state index contributed by atoms with van der Waals surface area (Å²) in [6, 6.07) is 0.280. The first kappa shape index (κ1) is 12.8. The third-order valence-corrected chi connectivity index (χ3v) is 6.07. The molecule has 0 unspecified atom stereocenters. The van der Waals surface area contributed by atoms with Crippen molar-refractivity contribution in [1.82, 2.24) is 14.3 Å². The van der Waals surface area contributed by atoms with Crippen LogP contribution in [0.25, 0.3) is 0 Å². The van der Waals surface area contributed by atoms with Gasteiger partial charge in [-0.3, -0.25) is 4.98 Å². The highest BCUT2D eigenvalue weighted by atomic mass is 32.2. The van der Waals surface area contributed by atoms with Crippen LogP contribution in [0.2, 0.25) is 0 Å². The Kier molecular flexibility index (Phi) is 3.40. The molecule has 6 nitrogen and oxygen atoms in total. The number of rotatable bonds is 4. The standard InChI is InChI=1S/C12H18N4O2S/c17-19(18,11-1-2-11)16-7-3-10(4-8-16)15-12-9-13-5-6-14-12/h5-6,9-11H,1-4,7-8H2,(H,14,15). The zero-order chi connectivity index (χ0) is 13.3. The van der Waals surface area contributed by atoms with E-state index in [9.17, 15) is 8.42 Å². The molecule has 0 atom stereocenters. The summed E-state index contributed by atoms with van der Waals surface area (Å²) >= 11 is 0. The summed E-state index contributed by atoms with van der Waals surface area (Å²) < 4.78 is 25.8. The average Bonchev–Trinajstić information content (AvgIpc) is 3.25. The molecule has 19 heavy (non-hydrogen) atoms. The summed E-state index contributed by atoms with van der Waals surface area (Å²) in [5, 5.41) is 3.20. The third-order valence-electron chi connectivity index (χ3n) is 3.67. The summed E-state index contributed by atoms with van der Waals surface area (Å²) in [6.45, 7) is 1.22. The van der Waals surface area contributed by atoms with Gasteiger partial charge in [0.25, 0.3) is 0 Å². The van der Waals surface area contributed by atoms with Gasteiger partial charge in [-0.1, -0.05) is 0 Å². The number of nitrogens with zero attached hydrogens (tertiary/aromatic N) is 3. The monoisotopic (exact) mass is 282 g/mol. The van der Waals surface area contributed by atoms with Crippen LogP contribution in [0.4, 0.5) is 5.82 Å². The van der Waals surface area contributed by atoms with Gasteiger partial charge in [0.1, 0.15) is 5.82 Å². The topological polar surface area (TPSA) is 75.2 Å². The number of hydrogen-bond donors (Lipinski definition) is 1. The minimum Gasteiger partial charge on any atom is -0.366 e. The predicted octanol–water partition coefficient (Wildman–Crippen LogP) is 0.845. The van der Waals surface area contributed by atoms with E-state index in [4.69, 9.17) is 0 Å². The van der Waals surface area contributed by atoms with Crippen LogP contribution < -0.4 is 5.32 Å². The van der Waals surface area contributed by atoms with E-state index in [1.807, 2.05) is 0 Å². The van der Waals surface area contributed by atoms with Crippen molar-refractivity contribution in [2.45, 2.75) is 37.0 Å². The molecular formula is C12H18N4O2S. The van der Waals surface area contributed by atoms with Crippen LogP contribution in [-0.2, 0) is 10.0 Å². The smallest absolute Gasteiger partial charge is 0.216 e. The van der Waals surface area contributed by atoms with E-state index in [0.717, 1.165) is 31.5 Å². The number of nitrogens with one attached hydrogen (secondary N) is 1. The van der Waals surface area contributed by atoms with Crippen molar-refractivity contribution < 1.29 is 8.42 Å². The molecule has 1 aromatic rings. The molecule has 2 fully saturated rings. The van der Waals surface area contributed by atoms with Crippen molar-refractivity contribution in [2.75, 3.05) is 18.4 Å². The highest BCUT2D eigenvalue weighted by Crippen LogP contribution is 2.32. The largest absolute Gasteiger partial charge is 0.366 e. The van der Waals surface area contributed by atoms with Crippen LogP contribution in [0.15, 0.2) is 18.6 Å². The first-order valence-electron chi connectivity index (χ1n) is 6.68. The van der Waals surface area contributed by atoms with Gasteiger partial charge in [-0.15, -0.1) is 0 Å². The van der Waals surface area contributed by atoms with Crippen LogP contribution in [0.3, 0.4) is 0 Å². The van der Waals surface area contributed by atoms with Crippen molar-refractivity contribution >= 4 is 15.8 Å². The molecule has 2 aliphatic rings. The fraction of sp³-hybridized carbons (Fsp3) is 0.667. The molecule has 7 heteroatoms. The number of aromatic nitrogens is 2. The lowest BCUT2D eigenvalue weighted by atomic mass is 10.1. The lowest BCUT2D eigenvalue weighted by Gasteiger charge is -2.31. The molecular weight excluding hydrogens is 264 g/mol. The van der Waals surface area contributed by atoms with Crippen LogP contribution in [0.5, 0.6) is 0 Å². The maximum absolute atomic E-state index is 12.1. The number of hydrogen-bond acceptors (Lipinski definition) is 5. The summed E-state index contributed by atoms with van der Waals surface area (Å²) in [7, 11) is -3.01. The summed E-state index contributed by atoms with van der Waals surface area (Å²) in [6.07, 6.45) is 8.28.